The Morgan fingerprint density at radius 3 is 2.18 bits per heavy atom. The van der Waals surface area contributed by atoms with E-state index in [1.54, 1.807) is 4.90 Å². The maximum atomic E-state index is 13.2. The minimum absolute atomic E-state index is 0.0823. The van der Waals surface area contributed by atoms with Gasteiger partial charge >= 0.3 is 0 Å². The Hall–Kier alpha value is -4.45. The second-order valence-electron chi connectivity index (χ2n) is 12.8. The molecule has 3 heterocycles. The summed E-state index contributed by atoms with van der Waals surface area (Å²) in [5.41, 5.74) is 3.05. The number of carbonyl (C=O) groups is 2. The van der Waals surface area contributed by atoms with Crippen LogP contribution in [-0.2, 0) is 4.79 Å². The number of fused-ring (bicyclic) bond motifs is 1. The molecule has 3 aromatic carbocycles. The van der Waals surface area contributed by atoms with Crippen molar-refractivity contribution >= 4 is 28.5 Å². The smallest absolute Gasteiger partial charge is 0.253 e. The Bertz CT molecular complexity index is 1700. The van der Waals surface area contributed by atoms with Gasteiger partial charge < -0.3 is 29.0 Å². The van der Waals surface area contributed by atoms with E-state index >= 15 is 0 Å². The van der Waals surface area contributed by atoms with Crippen molar-refractivity contribution in [2.45, 2.75) is 19.4 Å². The molecular weight excluding hydrogens is 625 g/mol. The average molecular weight is 672 g/mol. The standard InChI is InChI=1S/C38H46FN5O5/c1-3-40(2)32-11-6-30-26-35(49-34(30)27-32)37(46)28-7-12-33(13-8-28)48-25-24-42-16-20-43(21-17-42)36(45)14-15-41-18-22-44(23-19-41)38(47)29-4-9-31(39)10-5-29/h4-13,26-27,37,46H,3,14-25H2,1-2H3. The molecular formula is C38H46FN5O5. The van der Waals surface area contributed by atoms with Crippen LogP contribution in [0.3, 0.4) is 0 Å². The maximum Gasteiger partial charge on any atom is 0.253 e. The van der Waals surface area contributed by atoms with Crippen LogP contribution in [0, 0.1) is 5.82 Å². The minimum Gasteiger partial charge on any atom is -0.492 e. The number of anilines is 1. The van der Waals surface area contributed by atoms with Gasteiger partial charge in [0.05, 0.1) is 0 Å². The lowest BCUT2D eigenvalue weighted by molar-refractivity contribution is -0.133. The van der Waals surface area contributed by atoms with E-state index in [0.29, 0.717) is 57.1 Å². The van der Waals surface area contributed by atoms with Crippen molar-refractivity contribution in [2.75, 3.05) is 90.5 Å². The van der Waals surface area contributed by atoms with Crippen molar-refractivity contribution in [2.24, 2.45) is 0 Å². The summed E-state index contributed by atoms with van der Waals surface area (Å²) in [6.45, 7) is 10.6. The van der Waals surface area contributed by atoms with Crippen molar-refractivity contribution in [3.8, 4) is 5.75 Å². The molecule has 2 fully saturated rings. The third-order valence-corrected chi connectivity index (χ3v) is 9.70. The maximum absolute atomic E-state index is 13.2. The van der Waals surface area contributed by atoms with Crippen LogP contribution in [0.1, 0.15) is 41.1 Å². The molecule has 1 unspecified atom stereocenters. The number of halogens is 1. The zero-order chi connectivity index (χ0) is 34.3. The van der Waals surface area contributed by atoms with E-state index in [1.807, 2.05) is 54.4 Å². The fourth-order valence-corrected chi connectivity index (χ4v) is 6.38. The summed E-state index contributed by atoms with van der Waals surface area (Å²) in [7, 11) is 2.03. The molecule has 49 heavy (non-hydrogen) atoms. The molecule has 2 saturated heterocycles. The van der Waals surface area contributed by atoms with E-state index in [1.165, 1.54) is 24.3 Å². The molecule has 11 heteroatoms. The van der Waals surface area contributed by atoms with Crippen LogP contribution in [0.15, 0.2) is 77.2 Å². The van der Waals surface area contributed by atoms with Gasteiger partial charge in [-0.05, 0) is 67.1 Å². The number of hydrogen-bond acceptors (Lipinski definition) is 8. The van der Waals surface area contributed by atoms with Crippen LogP contribution in [0.5, 0.6) is 5.75 Å². The van der Waals surface area contributed by atoms with Gasteiger partial charge in [-0.3, -0.25) is 19.4 Å². The number of rotatable bonds is 12. The SMILES string of the molecule is CCN(C)c1ccc2cc(C(O)c3ccc(OCCN4CCN(C(=O)CCN5CCN(C(=O)c6ccc(F)cc6)CC5)CC4)cc3)oc2c1. The van der Waals surface area contributed by atoms with Gasteiger partial charge in [-0.25, -0.2) is 4.39 Å². The third kappa shape index (κ3) is 8.59. The largest absolute Gasteiger partial charge is 0.492 e. The molecule has 0 saturated carbocycles. The lowest BCUT2D eigenvalue weighted by Crippen LogP contribution is -2.51. The quantitative estimate of drug-likeness (QED) is 0.236. The molecule has 6 rings (SSSR count). The summed E-state index contributed by atoms with van der Waals surface area (Å²) in [6.07, 6.45) is -0.407. The number of ether oxygens (including phenoxy) is 1. The molecule has 0 spiro atoms. The molecule has 0 aliphatic carbocycles. The first-order valence-electron chi connectivity index (χ1n) is 17.2. The number of carbonyl (C=O) groups excluding carboxylic acids is 2. The van der Waals surface area contributed by atoms with Gasteiger partial charge in [0.2, 0.25) is 5.91 Å². The van der Waals surface area contributed by atoms with E-state index in [-0.39, 0.29) is 17.6 Å². The van der Waals surface area contributed by atoms with Gasteiger partial charge in [0.25, 0.3) is 5.91 Å². The van der Waals surface area contributed by atoms with Crippen LogP contribution >= 0.6 is 0 Å². The van der Waals surface area contributed by atoms with Crippen LogP contribution in [0.2, 0.25) is 0 Å². The van der Waals surface area contributed by atoms with E-state index in [4.69, 9.17) is 9.15 Å². The zero-order valence-corrected chi connectivity index (χ0v) is 28.4. The van der Waals surface area contributed by atoms with Crippen LogP contribution in [0.25, 0.3) is 11.0 Å². The molecule has 2 aliphatic rings. The number of piperazine rings is 2. The summed E-state index contributed by atoms with van der Waals surface area (Å²) in [6, 6.07) is 21.1. The average Bonchev–Trinajstić information content (AvgIpc) is 3.58. The Labute approximate surface area is 287 Å². The Balaban J connectivity index is 0.872. The predicted molar refractivity (Wildman–Crippen MR) is 188 cm³/mol. The number of aliphatic hydroxyl groups is 1. The molecule has 10 nitrogen and oxygen atoms in total. The number of hydrogen-bond donors (Lipinski definition) is 1. The first-order chi connectivity index (χ1) is 23.8. The first kappa shape index (κ1) is 34.4. The fraction of sp³-hybridized carbons (Fsp3) is 0.421. The molecule has 2 amide bonds. The van der Waals surface area contributed by atoms with Crippen molar-refractivity contribution in [1.82, 2.24) is 19.6 Å². The summed E-state index contributed by atoms with van der Waals surface area (Å²) in [4.78, 5) is 36.0. The molecule has 0 bridgehead atoms. The summed E-state index contributed by atoms with van der Waals surface area (Å²) >= 11 is 0. The minimum atomic E-state index is -0.872. The summed E-state index contributed by atoms with van der Waals surface area (Å²) in [5.74, 6) is 0.976. The van der Waals surface area contributed by atoms with Gasteiger partial charge in [0, 0.05) is 108 Å². The van der Waals surface area contributed by atoms with E-state index in [9.17, 15) is 19.1 Å². The lowest BCUT2D eigenvalue weighted by Gasteiger charge is -2.36. The van der Waals surface area contributed by atoms with Crippen molar-refractivity contribution in [1.29, 1.82) is 0 Å². The number of furan rings is 1. The number of nitrogens with zero attached hydrogens (tertiary/aromatic N) is 5. The second kappa shape index (κ2) is 15.8. The van der Waals surface area contributed by atoms with Crippen LogP contribution in [-0.4, -0.2) is 122 Å². The highest BCUT2D eigenvalue weighted by Gasteiger charge is 2.25. The predicted octanol–water partition coefficient (Wildman–Crippen LogP) is 4.48. The normalized spacial score (nSPS) is 16.6. The second-order valence-corrected chi connectivity index (χ2v) is 12.8. The summed E-state index contributed by atoms with van der Waals surface area (Å²) in [5, 5.41) is 11.9. The van der Waals surface area contributed by atoms with Crippen molar-refractivity contribution in [3.63, 3.8) is 0 Å². The fourth-order valence-electron chi connectivity index (χ4n) is 6.38. The number of aliphatic hydroxyl groups excluding tert-OH is 1. The molecule has 260 valence electrons. The molecule has 1 atom stereocenters. The Kier molecular flexibility index (Phi) is 11.1. The van der Waals surface area contributed by atoms with Crippen molar-refractivity contribution < 1.29 is 28.2 Å². The van der Waals surface area contributed by atoms with Gasteiger partial charge in [-0.15, -0.1) is 0 Å². The Morgan fingerprint density at radius 1 is 0.857 bits per heavy atom. The number of benzene rings is 3. The summed E-state index contributed by atoms with van der Waals surface area (Å²) < 4.78 is 25.2. The highest BCUT2D eigenvalue weighted by molar-refractivity contribution is 5.94. The van der Waals surface area contributed by atoms with Gasteiger partial charge in [-0.1, -0.05) is 12.1 Å². The molecule has 1 N–H and O–H groups in total. The Morgan fingerprint density at radius 2 is 1.51 bits per heavy atom. The van der Waals surface area contributed by atoms with Crippen molar-refractivity contribution in [3.05, 3.63) is 95.5 Å². The van der Waals surface area contributed by atoms with E-state index < -0.39 is 6.10 Å². The molecule has 1 aromatic heterocycles. The number of amides is 2. The molecule has 0 radical (unpaired) electrons. The van der Waals surface area contributed by atoms with Gasteiger partial charge in [-0.2, -0.15) is 0 Å². The van der Waals surface area contributed by atoms with Gasteiger partial charge in [0.15, 0.2) is 0 Å². The van der Waals surface area contributed by atoms with E-state index in [0.717, 1.165) is 67.2 Å². The topological polar surface area (TPSA) is 92.9 Å². The molecule has 2 aliphatic heterocycles. The van der Waals surface area contributed by atoms with Crippen LogP contribution < -0.4 is 9.64 Å². The monoisotopic (exact) mass is 671 g/mol. The highest BCUT2D eigenvalue weighted by Crippen LogP contribution is 2.31. The van der Waals surface area contributed by atoms with E-state index in [2.05, 4.69) is 27.7 Å². The highest BCUT2D eigenvalue weighted by atomic mass is 19.1. The first-order valence-corrected chi connectivity index (χ1v) is 17.2. The third-order valence-electron chi connectivity index (χ3n) is 9.70. The van der Waals surface area contributed by atoms with Crippen LogP contribution in [0.4, 0.5) is 10.1 Å². The lowest BCUT2D eigenvalue weighted by atomic mass is 10.1. The molecule has 4 aromatic rings. The van der Waals surface area contributed by atoms with Gasteiger partial charge in [0.1, 0.15) is 35.6 Å². The zero-order valence-electron chi connectivity index (χ0n) is 28.4.